The highest BCUT2D eigenvalue weighted by molar-refractivity contribution is 6.28. The molecule has 0 radical (unpaired) electrons. The second-order valence-electron chi connectivity index (χ2n) is 19.6. The molecule has 10 aromatic carbocycles. The molecule has 14 rings (SSSR count). The number of para-hydroxylation sites is 4. The zero-order valence-corrected chi connectivity index (χ0v) is 40.3. The first kappa shape index (κ1) is 43.9. The Hall–Kier alpha value is -8.88. The van der Waals surface area contributed by atoms with Gasteiger partial charge in [0.1, 0.15) is 34.5 Å². The minimum atomic E-state index is -0.293. The molecule has 0 N–H and O–H groups in total. The number of aryl methyl sites for hydroxylation is 2. The predicted octanol–water partition coefficient (Wildman–Crippen LogP) is 19.6. The molecule has 0 aliphatic heterocycles. The SMILES string of the molecule is Cc1cc(F)ccc1-c1cccc2c1oc1c(N(C3=CC=C(F)CC3)c3ccc4ccc5c(N(c6cccc7c6oc6c(-c8ccc(F)cc8C)cccc67)C6C=CC(F)=CC6)ccc6ccc3c4c65)cccc12. The zero-order chi connectivity index (χ0) is 49.9. The molecule has 0 saturated carbocycles. The van der Waals surface area contributed by atoms with Gasteiger partial charge in [0.25, 0.3) is 0 Å². The molecule has 0 bridgehead atoms. The van der Waals surface area contributed by atoms with Crippen LogP contribution in [0, 0.1) is 25.5 Å². The van der Waals surface area contributed by atoms with E-state index in [1.807, 2.05) is 62.4 Å². The predicted molar refractivity (Wildman–Crippen MR) is 295 cm³/mol. The summed E-state index contributed by atoms with van der Waals surface area (Å²) >= 11 is 0. The van der Waals surface area contributed by atoms with Crippen LogP contribution in [-0.4, -0.2) is 6.04 Å². The third-order valence-electron chi connectivity index (χ3n) is 15.3. The van der Waals surface area contributed by atoms with Crippen molar-refractivity contribution < 1.29 is 26.4 Å². The number of anilines is 4. The summed E-state index contributed by atoms with van der Waals surface area (Å²) in [7, 11) is 0. The van der Waals surface area contributed by atoms with Gasteiger partial charge in [0.15, 0.2) is 11.2 Å². The van der Waals surface area contributed by atoms with Crippen LogP contribution in [0.25, 0.3) is 98.4 Å². The van der Waals surface area contributed by atoms with Gasteiger partial charge >= 0.3 is 0 Å². The van der Waals surface area contributed by atoms with Crippen LogP contribution in [0.4, 0.5) is 40.3 Å². The fourth-order valence-electron chi connectivity index (χ4n) is 11.9. The van der Waals surface area contributed by atoms with Crippen molar-refractivity contribution >= 4 is 98.9 Å². The van der Waals surface area contributed by atoms with E-state index in [9.17, 15) is 17.6 Å². The first-order valence-electron chi connectivity index (χ1n) is 25.0. The van der Waals surface area contributed by atoms with Gasteiger partial charge in [-0.1, -0.05) is 115 Å². The largest absolute Gasteiger partial charge is 0.453 e. The molecule has 2 heterocycles. The van der Waals surface area contributed by atoms with Crippen molar-refractivity contribution in [2.24, 2.45) is 0 Å². The molecule has 0 amide bonds. The Bertz CT molecular complexity index is 4460. The average Bonchev–Trinajstić information content (AvgIpc) is 4.01. The van der Waals surface area contributed by atoms with Gasteiger partial charge in [-0.05, 0) is 143 Å². The van der Waals surface area contributed by atoms with Crippen LogP contribution in [0.3, 0.4) is 0 Å². The molecule has 74 heavy (non-hydrogen) atoms. The molecule has 1 unspecified atom stereocenters. The van der Waals surface area contributed by atoms with E-state index in [0.29, 0.717) is 35.2 Å². The minimum Gasteiger partial charge on any atom is -0.453 e. The van der Waals surface area contributed by atoms with Gasteiger partial charge < -0.3 is 18.6 Å². The quantitative estimate of drug-likeness (QED) is 0.112. The van der Waals surface area contributed by atoms with Crippen LogP contribution in [0.15, 0.2) is 214 Å². The van der Waals surface area contributed by atoms with Gasteiger partial charge in [0, 0.05) is 61.2 Å². The van der Waals surface area contributed by atoms with Crippen molar-refractivity contribution in [1.82, 2.24) is 0 Å². The van der Waals surface area contributed by atoms with Gasteiger partial charge in [-0.2, -0.15) is 0 Å². The fraction of sp³-hybridized carbons (Fsp3) is 0.0909. The maximum atomic E-state index is 14.9. The van der Waals surface area contributed by atoms with Gasteiger partial charge in [0.05, 0.1) is 23.1 Å². The van der Waals surface area contributed by atoms with Crippen LogP contribution in [0.1, 0.15) is 30.4 Å². The molecular formula is C66H44F4N2O2. The van der Waals surface area contributed by atoms with E-state index in [1.165, 1.54) is 12.1 Å². The molecule has 2 aromatic heterocycles. The molecular weight excluding hydrogens is 929 g/mol. The van der Waals surface area contributed by atoms with Crippen molar-refractivity contribution in [3.63, 3.8) is 0 Å². The Kier molecular flexibility index (Phi) is 9.99. The van der Waals surface area contributed by atoms with E-state index in [1.54, 1.807) is 42.5 Å². The molecule has 0 saturated heterocycles. The van der Waals surface area contributed by atoms with Crippen LogP contribution in [-0.2, 0) is 0 Å². The third-order valence-corrected chi connectivity index (χ3v) is 15.3. The zero-order valence-electron chi connectivity index (χ0n) is 40.3. The maximum Gasteiger partial charge on any atom is 0.159 e. The Morgan fingerprint density at radius 1 is 0.459 bits per heavy atom. The van der Waals surface area contributed by atoms with Gasteiger partial charge in [-0.25, -0.2) is 17.6 Å². The number of allylic oxidation sites excluding steroid dienone is 6. The number of halogens is 4. The lowest BCUT2D eigenvalue weighted by Crippen LogP contribution is -2.30. The molecule has 358 valence electrons. The molecule has 1 atom stereocenters. The second kappa shape index (κ2) is 16.9. The summed E-state index contributed by atoms with van der Waals surface area (Å²) < 4.78 is 72.6. The van der Waals surface area contributed by atoms with Gasteiger partial charge in [-0.3, -0.25) is 0 Å². The standard InChI is InChI=1S/C66H44F4N2O2/c1-37-35-43(69)23-31-47(37)49-7-3-9-51-53-11-5-13-59(65(53)73-63(49)51)71(45-25-19-41(67)20-26-45)57-33-17-39-16-30-56-58(34-18-40-15-29-55(57)61(39)62(40)56)72(46-27-21-42(68)22-28-46)60-14-6-12-54-52-10-4-8-50(64(52)74-66(54)60)48-32-24-44(70)36-38(48)2/h3-21,23-25,27,29-36,45H,22,26,28H2,1-2H3. The van der Waals surface area contributed by atoms with Crippen molar-refractivity contribution in [3.8, 4) is 22.3 Å². The maximum absolute atomic E-state index is 14.9. The van der Waals surface area contributed by atoms with Gasteiger partial charge in [-0.15, -0.1) is 0 Å². The first-order valence-corrected chi connectivity index (χ1v) is 25.0. The van der Waals surface area contributed by atoms with Gasteiger partial charge in [0.2, 0.25) is 0 Å². The number of benzene rings is 10. The summed E-state index contributed by atoms with van der Waals surface area (Å²) in [5.41, 5.74) is 12.3. The second-order valence-corrected chi connectivity index (χ2v) is 19.6. The molecule has 8 heteroatoms. The molecule has 12 aromatic rings. The summed E-state index contributed by atoms with van der Waals surface area (Å²) in [6.45, 7) is 3.81. The van der Waals surface area contributed by atoms with E-state index in [0.717, 1.165) is 116 Å². The Morgan fingerprint density at radius 3 is 1.54 bits per heavy atom. The van der Waals surface area contributed by atoms with E-state index in [4.69, 9.17) is 8.83 Å². The Labute approximate surface area is 423 Å². The smallest absolute Gasteiger partial charge is 0.159 e. The summed E-state index contributed by atoms with van der Waals surface area (Å²) in [6, 6.07) is 51.3. The number of rotatable bonds is 8. The molecule has 0 spiro atoms. The van der Waals surface area contributed by atoms with Crippen molar-refractivity contribution in [2.45, 2.75) is 39.2 Å². The third kappa shape index (κ3) is 6.81. The summed E-state index contributed by atoms with van der Waals surface area (Å²) in [4.78, 5) is 4.51. The van der Waals surface area contributed by atoms with Crippen LogP contribution >= 0.6 is 0 Å². The lowest BCUT2D eigenvalue weighted by atomic mass is 9.91. The molecule has 2 aliphatic carbocycles. The van der Waals surface area contributed by atoms with E-state index in [2.05, 4.69) is 94.7 Å². The fourth-order valence-corrected chi connectivity index (χ4v) is 11.9. The monoisotopic (exact) mass is 972 g/mol. The summed E-state index contributed by atoms with van der Waals surface area (Å²) in [5.74, 6) is -1.03. The van der Waals surface area contributed by atoms with Crippen molar-refractivity contribution in [3.05, 3.63) is 228 Å². The average molecular weight is 973 g/mol. The van der Waals surface area contributed by atoms with Crippen molar-refractivity contribution in [2.75, 3.05) is 9.80 Å². The van der Waals surface area contributed by atoms with Crippen LogP contribution in [0.2, 0.25) is 0 Å². The highest BCUT2D eigenvalue weighted by atomic mass is 19.1. The highest BCUT2D eigenvalue weighted by Crippen LogP contribution is 2.51. The minimum absolute atomic E-state index is 0.171. The lowest BCUT2D eigenvalue weighted by molar-refractivity contribution is 0.580. The Morgan fingerprint density at radius 2 is 0.986 bits per heavy atom. The molecule has 2 aliphatic rings. The normalized spacial score (nSPS) is 15.1. The van der Waals surface area contributed by atoms with E-state index in [-0.39, 0.29) is 35.8 Å². The molecule has 4 nitrogen and oxygen atoms in total. The highest BCUT2D eigenvalue weighted by Gasteiger charge is 2.30. The number of hydrogen-bond acceptors (Lipinski definition) is 4. The topological polar surface area (TPSA) is 32.8 Å². The number of fused-ring (bicyclic) bond motifs is 6. The van der Waals surface area contributed by atoms with E-state index >= 15 is 0 Å². The first-order chi connectivity index (χ1) is 36.2. The number of hydrogen-bond donors (Lipinski definition) is 0. The van der Waals surface area contributed by atoms with E-state index < -0.39 is 0 Å². The Balaban J connectivity index is 0.985. The summed E-state index contributed by atoms with van der Waals surface area (Å²) in [6.07, 6.45) is 9.68. The van der Waals surface area contributed by atoms with Crippen molar-refractivity contribution in [1.29, 1.82) is 0 Å². The lowest BCUT2D eigenvalue weighted by Gasteiger charge is -2.34. The summed E-state index contributed by atoms with van der Waals surface area (Å²) in [5, 5.41) is 10.00. The number of furan rings is 2. The van der Waals surface area contributed by atoms with Crippen LogP contribution in [0.5, 0.6) is 0 Å². The molecule has 0 fully saturated rings. The number of nitrogens with zero attached hydrogens (tertiary/aromatic N) is 2. The van der Waals surface area contributed by atoms with Crippen LogP contribution < -0.4 is 9.80 Å².